The minimum atomic E-state index is -0.238. The molecule has 1 aliphatic rings. The van der Waals surface area contributed by atoms with Crippen molar-refractivity contribution >= 4 is 21.7 Å². The largest absolute Gasteiger partial charge is 0.481 e. The second-order valence-corrected chi connectivity index (χ2v) is 4.60. The third-order valence-electron chi connectivity index (χ3n) is 2.60. The zero-order valence-corrected chi connectivity index (χ0v) is 10.00. The fraction of sp³-hybridized carbons (Fsp3) is 0.417. The fourth-order valence-corrected chi connectivity index (χ4v) is 2.15. The molecule has 0 saturated heterocycles. The first-order valence-electron chi connectivity index (χ1n) is 5.21. The van der Waals surface area contributed by atoms with Gasteiger partial charge in [-0.15, -0.1) is 0 Å². The maximum atomic E-state index is 11.6. The van der Waals surface area contributed by atoms with Crippen molar-refractivity contribution in [1.29, 1.82) is 0 Å². The summed E-state index contributed by atoms with van der Waals surface area (Å²) in [6.07, 6.45) is 3.36. The number of halogens is 1. The Morgan fingerprint density at radius 1 is 1.27 bits per heavy atom. The van der Waals surface area contributed by atoms with Crippen molar-refractivity contribution in [1.82, 2.24) is 0 Å². The van der Waals surface area contributed by atoms with Gasteiger partial charge in [-0.3, -0.25) is 4.79 Å². The Morgan fingerprint density at radius 3 is 2.80 bits per heavy atom. The van der Waals surface area contributed by atoms with Gasteiger partial charge in [-0.1, -0.05) is 12.1 Å². The highest BCUT2D eigenvalue weighted by molar-refractivity contribution is 9.10. The van der Waals surface area contributed by atoms with Crippen molar-refractivity contribution in [2.75, 3.05) is 0 Å². The summed E-state index contributed by atoms with van der Waals surface area (Å²) in [5.74, 6) is 0.995. The molecule has 0 spiro atoms. The standard InChI is InChI=1S/C12H13BrO2/c13-9-5-1-3-7-11(9)15-12-8-4-2-6-10(12)14/h1,3,5,7,12H,2,4,6,8H2/t12-/m0/s1. The minimum absolute atomic E-state index is 0.233. The lowest BCUT2D eigenvalue weighted by Crippen LogP contribution is -2.30. The highest BCUT2D eigenvalue weighted by Crippen LogP contribution is 2.27. The molecule has 1 aliphatic carbocycles. The molecule has 1 fully saturated rings. The number of benzene rings is 1. The summed E-state index contributed by atoms with van der Waals surface area (Å²) in [7, 11) is 0. The van der Waals surface area contributed by atoms with E-state index in [0.717, 1.165) is 29.5 Å². The molecule has 0 unspecified atom stereocenters. The van der Waals surface area contributed by atoms with E-state index in [4.69, 9.17) is 4.74 Å². The first-order chi connectivity index (χ1) is 7.27. The van der Waals surface area contributed by atoms with Crippen LogP contribution in [-0.2, 0) is 4.79 Å². The SMILES string of the molecule is O=C1CCCC[C@@H]1Oc1ccccc1Br. The van der Waals surface area contributed by atoms with E-state index in [1.807, 2.05) is 24.3 Å². The Morgan fingerprint density at radius 2 is 2.07 bits per heavy atom. The number of rotatable bonds is 2. The van der Waals surface area contributed by atoms with Crippen LogP contribution < -0.4 is 4.74 Å². The normalized spacial score (nSPS) is 21.4. The van der Waals surface area contributed by atoms with Crippen LogP contribution in [0, 0.1) is 0 Å². The fourth-order valence-electron chi connectivity index (χ4n) is 1.77. The van der Waals surface area contributed by atoms with Crippen LogP contribution >= 0.6 is 15.9 Å². The molecular weight excluding hydrogens is 256 g/mol. The summed E-state index contributed by atoms with van der Waals surface area (Å²) >= 11 is 3.41. The van der Waals surface area contributed by atoms with Gasteiger partial charge in [0.2, 0.25) is 0 Å². The maximum Gasteiger partial charge on any atom is 0.173 e. The molecule has 1 aromatic rings. The van der Waals surface area contributed by atoms with Gasteiger partial charge in [-0.25, -0.2) is 0 Å². The molecule has 0 heterocycles. The van der Waals surface area contributed by atoms with E-state index in [1.54, 1.807) is 0 Å². The Hall–Kier alpha value is -0.830. The van der Waals surface area contributed by atoms with Crippen LogP contribution in [0.1, 0.15) is 25.7 Å². The number of ketones is 1. The molecule has 0 radical (unpaired) electrons. The Labute approximate surface area is 97.8 Å². The summed E-state index contributed by atoms with van der Waals surface area (Å²) in [6.45, 7) is 0. The molecule has 1 saturated carbocycles. The number of hydrogen-bond donors (Lipinski definition) is 0. The van der Waals surface area contributed by atoms with Crippen LogP contribution in [0.2, 0.25) is 0 Å². The Bertz CT molecular complexity index is 362. The molecular formula is C12H13BrO2. The molecule has 0 aromatic heterocycles. The second kappa shape index (κ2) is 4.79. The van der Waals surface area contributed by atoms with Gasteiger partial charge in [-0.05, 0) is 47.3 Å². The van der Waals surface area contributed by atoms with Crippen molar-refractivity contribution in [2.45, 2.75) is 31.8 Å². The van der Waals surface area contributed by atoms with Gasteiger partial charge in [0.15, 0.2) is 11.9 Å². The van der Waals surface area contributed by atoms with Gasteiger partial charge in [0.05, 0.1) is 4.47 Å². The van der Waals surface area contributed by atoms with Crippen LogP contribution in [-0.4, -0.2) is 11.9 Å². The molecule has 80 valence electrons. The lowest BCUT2D eigenvalue weighted by Gasteiger charge is -2.22. The van der Waals surface area contributed by atoms with Crippen molar-refractivity contribution in [3.63, 3.8) is 0 Å². The molecule has 15 heavy (non-hydrogen) atoms. The van der Waals surface area contributed by atoms with Gasteiger partial charge in [0.25, 0.3) is 0 Å². The van der Waals surface area contributed by atoms with Crippen molar-refractivity contribution < 1.29 is 9.53 Å². The van der Waals surface area contributed by atoms with Crippen molar-refractivity contribution in [3.8, 4) is 5.75 Å². The van der Waals surface area contributed by atoms with E-state index in [9.17, 15) is 4.79 Å². The number of para-hydroxylation sites is 1. The predicted molar refractivity (Wildman–Crippen MR) is 62.0 cm³/mol. The average Bonchev–Trinajstić information content (AvgIpc) is 2.24. The van der Waals surface area contributed by atoms with E-state index in [0.29, 0.717) is 6.42 Å². The third kappa shape index (κ3) is 2.59. The van der Waals surface area contributed by atoms with E-state index in [2.05, 4.69) is 15.9 Å². The van der Waals surface area contributed by atoms with E-state index in [1.165, 1.54) is 0 Å². The molecule has 0 bridgehead atoms. The summed E-state index contributed by atoms with van der Waals surface area (Å²) in [5.41, 5.74) is 0. The topological polar surface area (TPSA) is 26.3 Å². The van der Waals surface area contributed by atoms with E-state index < -0.39 is 0 Å². The van der Waals surface area contributed by atoms with Crippen LogP contribution in [0.15, 0.2) is 28.7 Å². The van der Waals surface area contributed by atoms with Crippen molar-refractivity contribution in [2.24, 2.45) is 0 Å². The zero-order chi connectivity index (χ0) is 10.7. The van der Waals surface area contributed by atoms with Crippen LogP contribution in [0.3, 0.4) is 0 Å². The molecule has 0 amide bonds. The summed E-state index contributed by atoms with van der Waals surface area (Å²) in [5, 5.41) is 0. The Kier molecular flexibility index (Phi) is 3.41. The summed E-state index contributed by atoms with van der Waals surface area (Å²) in [4.78, 5) is 11.6. The molecule has 3 heteroatoms. The lowest BCUT2D eigenvalue weighted by atomic mass is 9.96. The van der Waals surface area contributed by atoms with E-state index in [-0.39, 0.29) is 11.9 Å². The number of carbonyl (C=O) groups is 1. The van der Waals surface area contributed by atoms with Gasteiger partial charge < -0.3 is 4.74 Å². The number of Topliss-reactive ketones (excluding diaryl/α,β-unsaturated/α-hetero) is 1. The second-order valence-electron chi connectivity index (χ2n) is 3.75. The first kappa shape index (κ1) is 10.7. The minimum Gasteiger partial charge on any atom is -0.481 e. The van der Waals surface area contributed by atoms with Gasteiger partial charge in [-0.2, -0.15) is 0 Å². The highest BCUT2D eigenvalue weighted by atomic mass is 79.9. The van der Waals surface area contributed by atoms with Gasteiger partial charge >= 0.3 is 0 Å². The average molecular weight is 269 g/mol. The van der Waals surface area contributed by atoms with Crippen molar-refractivity contribution in [3.05, 3.63) is 28.7 Å². The third-order valence-corrected chi connectivity index (χ3v) is 3.26. The maximum absolute atomic E-state index is 11.6. The van der Waals surface area contributed by atoms with Gasteiger partial charge in [0, 0.05) is 6.42 Å². The highest BCUT2D eigenvalue weighted by Gasteiger charge is 2.24. The number of hydrogen-bond acceptors (Lipinski definition) is 2. The molecule has 2 rings (SSSR count). The van der Waals surface area contributed by atoms with Crippen LogP contribution in [0.4, 0.5) is 0 Å². The molecule has 0 aliphatic heterocycles. The molecule has 1 atom stereocenters. The zero-order valence-electron chi connectivity index (χ0n) is 8.41. The number of carbonyl (C=O) groups excluding carboxylic acids is 1. The van der Waals surface area contributed by atoms with Crippen LogP contribution in [0.5, 0.6) is 5.75 Å². The smallest absolute Gasteiger partial charge is 0.173 e. The van der Waals surface area contributed by atoms with E-state index >= 15 is 0 Å². The lowest BCUT2D eigenvalue weighted by molar-refractivity contribution is -0.127. The quantitative estimate of drug-likeness (QED) is 0.823. The van der Waals surface area contributed by atoms with Gasteiger partial charge in [0.1, 0.15) is 5.75 Å². The molecule has 1 aromatic carbocycles. The first-order valence-corrected chi connectivity index (χ1v) is 6.00. The summed E-state index contributed by atoms with van der Waals surface area (Å²) in [6, 6.07) is 7.64. The summed E-state index contributed by atoms with van der Waals surface area (Å²) < 4.78 is 6.61. The molecule has 2 nitrogen and oxygen atoms in total. The number of ether oxygens (including phenoxy) is 1. The van der Waals surface area contributed by atoms with Crippen LogP contribution in [0.25, 0.3) is 0 Å². The monoisotopic (exact) mass is 268 g/mol. The molecule has 0 N–H and O–H groups in total. The predicted octanol–water partition coefficient (Wildman–Crippen LogP) is 3.34. The Balaban J connectivity index is 2.08.